The van der Waals surface area contributed by atoms with Gasteiger partial charge in [-0.15, -0.1) is 11.3 Å². The van der Waals surface area contributed by atoms with Gasteiger partial charge in [-0.25, -0.2) is 14.8 Å². The summed E-state index contributed by atoms with van der Waals surface area (Å²) in [4.78, 5) is 32.0. The summed E-state index contributed by atoms with van der Waals surface area (Å²) in [6.07, 6.45) is 1.46. The third-order valence-corrected chi connectivity index (χ3v) is 4.47. The second-order valence-corrected chi connectivity index (χ2v) is 6.59. The fourth-order valence-corrected chi connectivity index (χ4v) is 3.02. The number of nitrogens with zero attached hydrogens (tertiary/aromatic N) is 2. The van der Waals surface area contributed by atoms with Crippen LogP contribution in [0.3, 0.4) is 0 Å². The fraction of sp³-hybridized carbons (Fsp3) is 0.111. The SMILES string of the molecule is Cc1ccc(-c2csc(NC(=O)COC(=O)c3cccnc3Cl)n2)cc1. The maximum Gasteiger partial charge on any atom is 0.341 e. The number of nitrogens with one attached hydrogen (secondary N) is 1. The van der Waals surface area contributed by atoms with Crippen molar-refractivity contribution in [1.82, 2.24) is 9.97 Å². The van der Waals surface area contributed by atoms with Crippen molar-refractivity contribution in [3.8, 4) is 11.3 Å². The fourth-order valence-electron chi connectivity index (χ4n) is 2.09. The van der Waals surface area contributed by atoms with Crippen LogP contribution in [0.1, 0.15) is 15.9 Å². The van der Waals surface area contributed by atoms with Gasteiger partial charge in [0.1, 0.15) is 5.15 Å². The van der Waals surface area contributed by atoms with Crippen LogP contribution in [-0.4, -0.2) is 28.5 Å². The van der Waals surface area contributed by atoms with Crippen molar-refractivity contribution in [3.05, 3.63) is 64.3 Å². The number of hydrogen-bond acceptors (Lipinski definition) is 6. The van der Waals surface area contributed by atoms with E-state index in [4.69, 9.17) is 16.3 Å². The van der Waals surface area contributed by atoms with E-state index in [-0.39, 0.29) is 10.7 Å². The molecule has 132 valence electrons. The van der Waals surface area contributed by atoms with Gasteiger partial charge in [0.25, 0.3) is 5.91 Å². The molecule has 0 aliphatic heterocycles. The van der Waals surface area contributed by atoms with Gasteiger partial charge >= 0.3 is 5.97 Å². The zero-order chi connectivity index (χ0) is 18.5. The zero-order valence-electron chi connectivity index (χ0n) is 13.7. The van der Waals surface area contributed by atoms with Crippen LogP contribution < -0.4 is 5.32 Å². The molecule has 0 aliphatic carbocycles. The monoisotopic (exact) mass is 387 g/mol. The second kappa shape index (κ2) is 8.07. The predicted octanol–water partition coefficient (Wildman–Crippen LogP) is 3.96. The Morgan fingerprint density at radius 2 is 2.00 bits per heavy atom. The predicted molar refractivity (Wildman–Crippen MR) is 100 cm³/mol. The molecule has 1 aromatic carbocycles. The number of halogens is 1. The summed E-state index contributed by atoms with van der Waals surface area (Å²) in [5.41, 5.74) is 3.00. The van der Waals surface area contributed by atoms with E-state index in [9.17, 15) is 9.59 Å². The van der Waals surface area contributed by atoms with Crippen LogP contribution in [0, 0.1) is 6.92 Å². The van der Waals surface area contributed by atoms with Crippen molar-refractivity contribution in [2.75, 3.05) is 11.9 Å². The number of carbonyl (C=O) groups excluding carboxylic acids is 2. The normalized spacial score (nSPS) is 10.4. The van der Waals surface area contributed by atoms with Crippen molar-refractivity contribution < 1.29 is 14.3 Å². The molecule has 0 atom stereocenters. The van der Waals surface area contributed by atoms with Crippen molar-refractivity contribution in [3.63, 3.8) is 0 Å². The first-order chi connectivity index (χ1) is 12.5. The molecule has 1 amide bonds. The number of hydrogen-bond donors (Lipinski definition) is 1. The molecule has 0 spiro atoms. The number of pyridine rings is 1. The molecule has 0 saturated heterocycles. The number of aromatic nitrogens is 2. The van der Waals surface area contributed by atoms with E-state index < -0.39 is 18.5 Å². The lowest BCUT2D eigenvalue weighted by atomic mass is 10.1. The summed E-state index contributed by atoms with van der Waals surface area (Å²) < 4.78 is 4.95. The van der Waals surface area contributed by atoms with E-state index in [1.165, 1.54) is 23.6 Å². The van der Waals surface area contributed by atoms with Crippen LogP contribution in [0.4, 0.5) is 5.13 Å². The molecule has 0 bridgehead atoms. The van der Waals surface area contributed by atoms with Crippen molar-refractivity contribution in [1.29, 1.82) is 0 Å². The van der Waals surface area contributed by atoms with Gasteiger partial charge < -0.3 is 4.74 Å². The Morgan fingerprint density at radius 3 is 2.73 bits per heavy atom. The number of amides is 1. The molecule has 26 heavy (non-hydrogen) atoms. The van der Waals surface area contributed by atoms with Gasteiger partial charge in [0, 0.05) is 17.1 Å². The number of aryl methyl sites for hydroxylation is 1. The molecule has 8 heteroatoms. The first-order valence-corrected chi connectivity index (χ1v) is 8.89. The maximum atomic E-state index is 12.0. The van der Waals surface area contributed by atoms with Gasteiger partial charge in [-0.05, 0) is 19.1 Å². The Kier molecular flexibility index (Phi) is 5.60. The largest absolute Gasteiger partial charge is 0.452 e. The molecular weight excluding hydrogens is 374 g/mol. The third kappa shape index (κ3) is 4.44. The van der Waals surface area contributed by atoms with E-state index in [0.717, 1.165) is 16.8 Å². The number of benzene rings is 1. The quantitative estimate of drug-likeness (QED) is 0.529. The van der Waals surface area contributed by atoms with Gasteiger partial charge in [0.2, 0.25) is 0 Å². The topological polar surface area (TPSA) is 81.2 Å². The molecule has 6 nitrogen and oxygen atoms in total. The Hall–Kier alpha value is -2.77. The summed E-state index contributed by atoms with van der Waals surface area (Å²) in [6, 6.07) is 11.0. The number of thiazole rings is 1. The van der Waals surface area contributed by atoms with E-state index in [1.54, 1.807) is 6.07 Å². The standard InChI is InChI=1S/C18H14ClN3O3S/c1-11-4-6-12(7-5-11)14-10-26-18(21-14)22-15(23)9-25-17(24)13-3-2-8-20-16(13)19/h2-8,10H,9H2,1H3,(H,21,22,23). The van der Waals surface area contributed by atoms with Crippen molar-refractivity contribution in [2.45, 2.75) is 6.92 Å². The number of carbonyl (C=O) groups is 2. The highest BCUT2D eigenvalue weighted by molar-refractivity contribution is 7.14. The average Bonchev–Trinajstić information content (AvgIpc) is 3.09. The van der Waals surface area contributed by atoms with Gasteiger partial charge in [-0.2, -0.15) is 0 Å². The van der Waals surface area contributed by atoms with Crippen LogP contribution in [0.5, 0.6) is 0 Å². The van der Waals surface area contributed by atoms with Crippen LogP contribution in [0.2, 0.25) is 5.15 Å². The van der Waals surface area contributed by atoms with E-state index in [0.29, 0.717) is 5.13 Å². The summed E-state index contributed by atoms with van der Waals surface area (Å²) in [7, 11) is 0. The minimum atomic E-state index is -0.710. The van der Waals surface area contributed by atoms with E-state index in [1.807, 2.05) is 36.6 Å². The Bertz CT molecular complexity index is 941. The minimum Gasteiger partial charge on any atom is -0.452 e. The molecule has 0 unspecified atom stereocenters. The molecule has 1 N–H and O–H groups in total. The molecule has 0 aliphatic rings. The van der Waals surface area contributed by atoms with Gasteiger partial charge in [0.15, 0.2) is 11.7 Å². The summed E-state index contributed by atoms with van der Waals surface area (Å²) in [5, 5.41) is 4.92. The molecule has 2 heterocycles. The molecule has 0 radical (unpaired) electrons. The highest BCUT2D eigenvalue weighted by Crippen LogP contribution is 2.25. The van der Waals surface area contributed by atoms with Crippen molar-refractivity contribution in [2.24, 2.45) is 0 Å². The lowest BCUT2D eigenvalue weighted by Crippen LogP contribution is -2.21. The van der Waals surface area contributed by atoms with Crippen molar-refractivity contribution >= 4 is 39.9 Å². The number of anilines is 1. The molecule has 3 aromatic rings. The molecule has 3 rings (SSSR count). The van der Waals surface area contributed by atoms with Gasteiger partial charge in [-0.3, -0.25) is 10.1 Å². The van der Waals surface area contributed by atoms with Gasteiger partial charge in [0.05, 0.1) is 11.3 Å². The first-order valence-electron chi connectivity index (χ1n) is 7.63. The van der Waals surface area contributed by atoms with E-state index >= 15 is 0 Å². The van der Waals surface area contributed by atoms with Crippen LogP contribution in [0.25, 0.3) is 11.3 Å². The molecule has 0 fully saturated rings. The van der Waals surface area contributed by atoms with Crippen LogP contribution in [0.15, 0.2) is 48.0 Å². The number of ether oxygens (including phenoxy) is 1. The van der Waals surface area contributed by atoms with Crippen LogP contribution >= 0.6 is 22.9 Å². The third-order valence-electron chi connectivity index (χ3n) is 3.41. The Balaban J connectivity index is 1.56. The Labute approximate surface area is 158 Å². The van der Waals surface area contributed by atoms with Crippen LogP contribution in [-0.2, 0) is 9.53 Å². The van der Waals surface area contributed by atoms with Gasteiger partial charge in [-0.1, -0.05) is 41.4 Å². The summed E-state index contributed by atoms with van der Waals surface area (Å²) in [6.45, 7) is 1.57. The highest BCUT2D eigenvalue weighted by Gasteiger charge is 2.15. The lowest BCUT2D eigenvalue weighted by Gasteiger charge is -2.05. The number of rotatable bonds is 5. The molecule has 2 aromatic heterocycles. The first kappa shape index (κ1) is 18.0. The molecular formula is C18H14ClN3O3S. The smallest absolute Gasteiger partial charge is 0.341 e. The zero-order valence-corrected chi connectivity index (χ0v) is 15.3. The second-order valence-electron chi connectivity index (χ2n) is 5.37. The Morgan fingerprint density at radius 1 is 1.23 bits per heavy atom. The molecule has 0 saturated carbocycles. The average molecular weight is 388 g/mol. The lowest BCUT2D eigenvalue weighted by molar-refractivity contribution is -0.119. The summed E-state index contributed by atoms with van der Waals surface area (Å²) >= 11 is 7.11. The number of esters is 1. The maximum absolute atomic E-state index is 12.0. The summed E-state index contributed by atoms with van der Waals surface area (Å²) in [5.74, 6) is -1.19. The minimum absolute atomic E-state index is 0.0283. The van der Waals surface area contributed by atoms with E-state index in [2.05, 4.69) is 15.3 Å². The highest BCUT2D eigenvalue weighted by atomic mass is 35.5.